The molecule has 2 aromatic carbocycles. The van der Waals surface area contributed by atoms with Crippen LogP contribution in [-0.4, -0.2) is 39.9 Å². The number of carbonyl (C=O) groups excluding carboxylic acids is 1. The number of cyclic esters (lactones) is 1. The zero-order valence-corrected chi connectivity index (χ0v) is 19.0. The fourth-order valence-corrected chi connectivity index (χ4v) is 4.02. The number of ether oxygens (including phenoxy) is 1. The van der Waals surface area contributed by atoms with Crippen molar-refractivity contribution < 1.29 is 19.0 Å². The van der Waals surface area contributed by atoms with Gasteiger partial charge in [0.05, 0.1) is 23.9 Å². The molecule has 172 valence electrons. The van der Waals surface area contributed by atoms with Gasteiger partial charge in [-0.2, -0.15) is 0 Å². The second kappa shape index (κ2) is 9.58. The molecular weight excluding hydrogens is 421 g/mol. The Morgan fingerprint density at radius 1 is 1.21 bits per heavy atom. The third kappa shape index (κ3) is 4.98. The van der Waals surface area contributed by atoms with Crippen LogP contribution < -0.4 is 5.32 Å². The van der Waals surface area contributed by atoms with Crippen LogP contribution in [0.2, 0.25) is 0 Å². The van der Waals surface area contributed by atoms with Crippen LogP contribution in [0.15, 0.2) is 54.6 Å². The minimum absolute atomic E-state index is 0.0133. The van der Waals surface area contributed by atoms with Crippen molar-refractivity contribution >= 4 is 17.9 Å². The molecule has 1 aliphatic rings. The van der Waals surface area contributed by atoms with Crippen molar-refractivity contribution in [1.82, 2.24) is 9.55 Å². The number of imidazole rings is 1. The van der Waals surface area contributed by atoms with Crippen LogP contribution in [0.4, 0.5) is 10.1 Å². The van der Waals surface area contributed by atoms with Crippen LogP contribution in [0.3, 0.4) is 0 Å². The number of nitrogens with zero attached hydrogens (tertiary/aromatic N) is 2. The summed E-state index contributed by atoms with van der Waals surface area (Å²) in [5.74, 6) is 0.181. The lowest BCUT2D eigenvalue weighted by molar-refractivity contribution is -0.156. The summed E-state index contributed by atoms with van der Waals surface area (Å²) in [4.78, 5) is 16.7. The Labute approximate surface area is 192 Å². The van der Waals surface area contributed by atoms with Gasteiger partial charge in [0.15, 0.2) is 0 Å². The van der Waals surface area contributed by atoms with Gasteiger partial charge in [-0.05, 0) is 42.5 Å². The van der Waals surface area contributed by atoms with E-state index < -0.39 is 18.2 Å². The first kappa shape index (κ1) is 22.7. The van der Waals surface area contributed by atoms with Crippen molar-refractivity contribution in [2.45, 2.75) is 44.8 Å². The molecule has 1 fully saturated rings. The number of rotatable bonds is 6. The highest BCUT2D eigenvalue weighted by Gasteiger charge is 2.26. The molecule has 3 aromatic rings. The molecule has 2 atom stereocenters. The second-order valence-electron chi connectivity index (χ2n) is 8.49. The smallest absolute Gasteiger partial charge is 0.309 e. The number of nitrogens with one attached hydrogen (secondary N) is 1. The Kier molecular flexibility index (Phi) is 6.60. The number of hydrogen-bond donors (Lipinski definition) is 2. The van der Waals surface area contributed by atoms with Crippen molar-refractivity contribution in [3.8, 4) is 22.5 Å². The topological polar surface area (TPSA) is 76.4 Å². The van der Waals surface area contributed by atoms with Gasteiger partial charge in [0.25, 0.3) is 0 Å². The van der Waals surface area contributed by atoms with Gasteiger partial charge in [-0.15, -0.1) is 0 Å². The molecule has 2 heterocycles. The Hall–Kier alpha value is -3.45. The number of aromatic nitrogens is 2. The van der Waals surface area contributed by atoms with Crippen molar-refractivity contribution in [2.24, 2.45) is 0 Å². The van der Waals surface area contributed by atoms with Gasteiger partial charge in [0.1, 0.15) is 17.7 Å². The van der Waals surface area contributed by atoms with Crippen LogP contribution in [0.1, 0.15) is 38.4 Å². The number of halogens is 1. The Bertz CT molecular complexity index is 1170. The number of benzene rings is 2. The predicted octanol–water partition coefficient (Wildman–Crippen LogP) is 5.06. The largest absolute Gasteiger partial charge is 0.458 e. The SMILES string of the molecule is CNc1cccc(-c2nc(C(C)C)n(C=C[C@@H]3C[C@@H](O)CC(=O)O3)c2-c2ccc(F)cc2)c1. The molecule has 0 unspecified atom stereocenters. The lowest BCUT2D eigenvalue weighted by atomic mass is 10.0. The third-order valence-electron chi connectivity index (χ3n) is 5.64. The van der Waals surface area contributed by atoms with Crippen LogP contribution in [0.25, 0.3) is 28.7 Å². The molecule has 0 saturated carbocycles. The lowest BCUT2D eigenvalue weighted by Crippen LogP contribution is -2.31. The summed E-state index contributed by atoms with van der Waals surface area (Å²) in [6.07, 6.45) is 2.72. The molecule has 0 bridgehead atoms. The van der Waals surface area contributed by atoms with E-state index in [0.717, 1.165) is 34.0 Å². The number of esters is 1. The summed E-state index contributed by atoms with van der Waals surface area (Å²) in [6.45, 7) is 4.11. The molecule has 0 spiro atoms. The van der Waals surface area contributed by atoms with Gasteiger partial charge < -0.3 is 19.7 Å². The molecule has 6 nitrogen and oxygen atoms in total. The number of anilines is 1. The number of aliphatic hydroxyl groups is 1. The summed E-state index contributed by atoms with van der Waals surface area (Å²) in [7, 11) is 1.86. The number of hydrogen-bond acceptors (Lipinski definition) is 5. The molecule has 1 aromatic heterocycles. The van der Waals surface area contributed by atoms with Gasteiger partial charge in [0.2, 0.25) is 0 Å². The van der Waals surface area contributed by atoms with E-state index in [1.807, 2.05) is 42.1 Å². The first-order valence-corrected chi connectivity index (χ1v) is 11.1. The fraction of sp³-hybridized carbons (Fsp3) is 0.308. The molecule has 0 radical (unpaired) electrons. The van der Waals surface area contributed by atoms with Gasteiger partial charge in [-0.1, -0.05) is 26.0 Å². The molecule has 7 heteroatoms. The summed E-state index contributed by atoms with van der Waals surface area (Å²) >= 11 is 0. The summed E-state index contributed by atoms with van der Waals surface area (Å²) in [6, 6.07) is 14.3. The maximum absolute atomic E-state index is 13.7. The van der Waals surface area contributed by atoms with Crippen LogP contribution >= 0.6 is 0 Å². The first-order chi connectivity index (χ1) is 15.9. The van der Waals surface area contributed by atoms with E-state index in [0.29, 0.717) is 6.42 Å². The molecule has 2 N–H and O–H groups in total. The van der Waals surface area contributed by atoms with Gasteiger partial charge in [0, 0.05) is 42.4 Å². The zero-order valence-electron chi connectivity index (χ0n) is 19.0. The molecule has 1 saturated heterocycles. The zero-order chi connectivity index (χ0) is 23.5. The molecule has 4 rings (SSSR count). The first-order valence-electron chi connectivity index (χ1n) is 11.1. The Balaban J connectivity index is 1.88. The van der Waals surface area contributed by atoms with Crippen molar-refractivity contribution in [3.63, 3.8) is 0 Å². The minimum atomic E-state index is -0.718. The van der Waals surface area contributed by atoms with Gasteiger partial charge >= 0.3 is 5.97 Å². The number of aliphatic hydroxyl groups excluding tert-OH is 1. The van der Waals surface area contributed by atoms with E-state index in [2.05, 4.69) is 19.2 Å². The third-order valence-corrected chi connectivity index (χ3v) is 5.64. The average molecular weight is 450 g/mol. The molecule has 33 heavy (non-hydrogen) atoms. The average Bonchev–Trinajstić information content (AvgIpc) is 3.17. The molecule has 0 amide bonds. The standard InChI is InChI=1S/C26H28FN3O3/c1-16(2)26-29-24(18-5-4-6-20(13-18)28-3)25(17-7-9-19(27)10-8-17)30(26)12-11-22-14-21(31)15-23(32)33-22/h4-13,16,21-22,28,31H,14-15H2,1-3H3/t21-,22-/m1/s1. The van der Waals surface area contributed by atoms with E-state index in [1.54, 1.807) is 18.2 Å². The minimum Gasteiger partial charge on any atom is -0.458 e. The molecule has 0 aliphatic carbocycles. The van der Waals surface area contributed by atoms with E-state index in [4.69, 9.17) is 9.72 Å². The highest BCUT2D eigenvalue weighted by atomic mass is 19.1. The normalized spacial score (nSPS) is 18.7. The Morgan fingerprint density at radius 2 is 1.97 bits per heavy atom. The summed E-state index contributed by atoms with van der Waals surface area (Å²) in [5.41, 5.74) is 4.27. The van der Waals surface area contributed by atoms with Crippen LogP contribution in [0.5, 0.6) is 0 Å². The highest BCUT2D eigenvalue weighted by Crippen LogP contribution is 2.36. The highest BCUT2D eigenvalue weighted by molar-refractivity contribution is 5.82. The monoisotopic (exact) mass is 449 g/mol. The second-order valence-corrected chi connectivity index (χ2v) is 8.49. The molecular formula is C26H28FN3O3. The van der Waals surface area contributed by atoms with E-state index in [-0.39, 0.29) is 18.2 Å². The Morgan fingerprint density at radius 3 is 2.64 bits per heavy atom. The van der Waals surface area contributed by atoms with Gasteiger partial charge in [-0.3, -0.25) is 4.79 Å². The fourth-order valence-electron chi connectivity index (χ4n) is 4.02. The van der Waals surface area contributed by atoms with Crippen LogP contribution in [-0.2, 0) is 9.53 Å². The lowest BCUT2D eigenvalue weighted by Gasteiger charge is -2.23. The predicted molar refractivity (Wildman–Crippen MR) is 127 cm³/mol. The van der Waals surface area contributed by atoms with Crippen molar-refractivity contribution in [3.05, 3.63) is 66.2 Å². The summed E-state index contributed by atoms with van der Waals surface area (Å²) in [5, 5.41) is 13.1. The van der Waals surface area contributed by atoms with Gasteiger partial charge in [-0.25, -0.2) is 9.37 Å². The number of carbonyl (C=O) groups is 1. The quantitative estimate of drug-likeness (QED) is 0.515. The van der Waals surface area contributed by atoms with Crippen LogP contribution in [0, 0.1) is 5.82 Å². The van der Waals surface area contributed by atoms with E-state index >= 15 is 0 Å². The maximum atomic E-state index is 13.7. The van der Waals surface area contributed by atoms with E-state index in [9.17, 15) is 14.3 Å². The summed E-state index contributed by atoms with van der Waals surface area (Å²) < 4.78 is 21.1. The maximum Gasteiger partial charge on any atom is 0.309 e. The van der Waals surface area contributed by atoms with Crippen molar-refractivity contribution in [2.75, 3.05) is 12.4 Å². The van der Waals surface area contributed by atoms with E-state index in [1.165, 1.54) is 12.1 Å². The molecule has 1 aliphatic heterocycles. The van der Waals surface area contributed by atoms with Crippen molar-refractivity contribution in [1.29, 1.82) is 0 Å².